The van der Waals surface area contributed by atoms with Gasteiger partial charge >= 0.3 is 0 Å². The number of halogens is 2. The van der Waals surface area contributed by atoms with Crippen LogP contribution in [-0.4, -0.2) is 56.4 Å². The van der Waals surface area contributed by atoms with Crippen LogP contribution in [-0.2, 0) is 4.74 Å². The van der Waals surface area contributed by atoms with Crippen LogP contribution in [0.25, 0.3) is 27.9 Å². The highest BCUT2D eigenvalue weighted by Gasteiger charge is 2.47. The number of hydrogen-bond donors (Lipinski definition) is 2. The molecular formula is C22H27Cl2N7OS2. The SMILES string of the molecule is C[C@@H]1OCC2(CCN(c3nc4n[nH]c(-c5cccc(Cl)c5Cl)c4c4nccn34)CC2)[C@@H]1N.S.S. The molecule has 2 aliphatic heterocycles. The summed E-state index contributed by atoms with van der Waals surface area (Å²) in [6.45, 7) is 4.51. The van der Waals surface area contributed by atoms with E-state index < -0.39 is 0 Å². The van der Waals surface area contributed by atoms with Crippen LogP contribution in [0.4, 0.5) is 5.95 Å². The number of H-pyrrole nitrogens is 1. The van der Waals surface area contributed by atoms with Crippen molar-refractivity contribution < 1.29 is 4.74 Å². The Bertz CT molecular complexity index is 1340. The van der Waals surface area contributed by atoms with Crippen LogP contribution in [0.15, 0.2) is 30.6 Å². The highest BCUT2D eigenvalue weighted by molar-refractivity contribution is 7.59. The van der Waals surface area contributed by atoms with Gasteiger partial charge in [-0.05, 0) is 25.8 Å². The van der Waals surface area contributed by atoms with Crippen LogP contribution in [0.2, 0.25) is 10.0 Å². The lowest BCUT2D eigenvalue weighted by atomic mass is 9.73. The molecule has 6 rings (SSSR count). The van der Waals surface area contributed by atoms with E-state index >= 15 is 0 Å². The molecule has 0 amide bonds. The van der Waals surface area contributed by atoms with E-state index in [-0.39, 0.29) is 44.6 Å². The molecule has 2 atom stereocenters. The minimum absolute atomic E-state index is 0. The molecule has 34 heavy (non-hydrogen) atoms. The number of aromatic nitrogens is 5. The Labute approximate surface area is 221 Å². The number of fused-ring (bicyclic) bond motifs is 3. The first-order valence-corrected chi connectivity index (χ1v) is 11.5. The van der Waals surface area contributed by atoms with E-state index in [2.05, 4.69) is 27.0 Å². The maximum Gasteiger partial charge on any atom is 0.213 e. The van der Waals surface area contributed by atoms with E-state index in [9.17, 15) is 0 Å². The van der Waals surface area contributed by atoms with Crippen molar-refractivity contribution in [2.75, 3.05) is 24.6 Å². The predicted octanol–water partition coefficient (Wildman–Crippen LogP) is 4.14. The molecule has 4 aromatic rings. The van der Waals surface area contributed by atoms with Gasteiger partial charge in [0, 0.05) is 42.5 Å². The molecule has 0 saturated carbocycles. The third-order valence-electron chi connectivity index (χ3n) is 7.14. The summed E-state index contributed by atoms with van der Waals surface area (Å²) < 4.78 is 7.89. The molecule has 0 aliphatic carbocycles. The quantitative estimate of drug-likeness (QED) is 0.397. The smallest absolute Gasteiger partial charge is 0.213 e. The molecular weight excluding hydrogens is 513 g/mol. The van der Waals surface area contributed by atoms with Crippen molar-refractivity contribution in [3.8, 4) is 11.3 Å². The fraction of sp³-hybridized carbons (Fsp3) is 0.409. The van der Waals surface area contributed by atoms with E-state index in [0.29, 0.717) is 15.7 Å². The first-order valence-electron chi connectivity index (χ1n) is 10.8. The second-order valence-corrected chi connectivity index (χ2v) is 9.61. The summed E-state index contributed by atoms with van der Waals surface area (Å²) in [5.41, 5.74) is 9.44. The van der Waals surface area contributed by atoms with Crippen molar-refractivity contribution in [1.29, 1.82) is 0 Å². The lowest BCUT2D eigenvalue weighted by Crippen LogP contribution is -2.51. The monoisotopic (exact) mass is 539 g/mol. The third-order valence-corrected chi connectivity index (χ3v) is 7.96. The molecule has 5 heterocycles. The number of imidazole rings is 1. The third kappa shape index (κ3) is 3.75. The molecule has 3 aromatic heterocycles. The second kappa shape index (κ2) is 9.40. The van der Waals surface area contributed by atoms with Crippen molar-refractivity contribution >= 4 is 72.8 Å². The summed E-state index contributed by atoms with van der Waals surface area (Å²) in [5.74, 6) is 0.829. The van der Waals surface area contributed by atoms with Crippen molar-refractivity contribution in [2.45, 2.75) is 31.9 Å². The predicted molar refractivity (Wildman–Crippen MR) is 146 cm³/mol. The Balaban J connectivity index is 0.00000137. The second-order valence-electron chi connectivity index (χ2n) is 8.82. The van der Waals surface area contributed by atoms with Gasteiger partial charge < -0.3 is 15.4 Å². The Morgan fingerprint density at radius 1 is 1.21 bits per heavy atom. The van der Waals surface area contributed by atoms with E-state index in [4.69, 9.17) is 38.7 Å². The molecule has 0 unspecified atom stereocenters. The minimum atomic E-state index is 0. The number of piperidine rings is 1. The van der Waals surface area contributed by atoms with E-state index in [1.54, 1.807) is 12.3 Å². The maximum absolute atomic E-state index is 6.49. The molecule has 1 aromatic carbocycles. The van der Waals surface area contributed by atoms with Gasteiger partial charge in [0.05, 0.1) is 33.8 Å². The molecule has 0 bridgehead atoms. The molecule has 3 N–H and O–H groups in total. The van der Waals surface area contributed by atoms with Gasteiger partial charge in [-0.15, -0.1) is 0 Å². The Hall–Kier alpha value is -1.69. The average Bonchev–Trinajstić information content (AvgIpc) is 3.51. The number of hydrogen-bond acceptors (Lipinski definition) is 6. The van der Waals surface area contributed by atoms with Crippen LogP contribution in [0.5, 0.6) is 0 Å². The number of benzene rings is 1. The lowest BCUT2D eigenvalue weighted by molar-refractivity contribution is 0.0973. The number of aromatic amines is 1. The van der Waals surface area contributed by atoms with Gasteiger partial charge in [0.1, 0.15) is 0 Å². The molecule has 0 radical (unpaired) electrons. The van der Waals surface area contributed by atoms with Crippen LogP contribution in [0.3, 0.4) is 0 Å². The van der Waals surface area contributed by atoms with E-state index in [1.807, 2.05) is 22.7 Å². The minimum Gasteiger partial charge on any atom is -0.376 e. The molecule has 8 nitrogen and oxygen atoms in total. The van der Waals surface area contributed by atoms with Gasteiger partial charge in [-0.1, -0.05) is 35.3 Å². The summed E-state index contributed by atoms with van der Waals surface area (Å²) in [7, 11) is 0. The summed E-state index contributed by atoms with van der Waals surface area (Å²) in [6, 6.07) is 5.61. The van der Waals surface area contributed by atoms with Gasteiger partial charge in [-0.25, -0.2) is 4.98 Å². The average molecular weight is 541 g/mol. The normalized spacial score (nSPS) is 21.7. The molecule has 2 fully saturated rings. The number of rotatable bonds is 2. The summed E-state index contributed by atoms with van der Waals surface area (Å²) in [4.78, 5) is 11.8. The highest BCUT2D eigenvalue weighted by atomic mass is 35.5. The topological polar surface area (TPSA) is 97.4 Å². The first kappa shape index (κ1) is 25.4. The number of nitrogens with two attached hydrogens (primary N) is 1. The van der Waals surface area contributed by atoms with Crippen molar-refractivity contribution in [3.63, 3.8) is 0 Å². The highest BCUT2D eigenvalue weighted by Crippen LogP contribution is 2.42. The van der Waals surface area contributed by atoms with Gasteiger partial charge in [-0.3, -0.25) is 9.50 Å². The standard InChI is InChI=1S/C22H23Cl2N7O.2H2S/c1-12-18(25)22(11-32-12)5-8-30(9-6-22)21-27-19-15(20-26-7-10-31(20)21)17(28-29-19)13-3-2-4-14(23)16(13)24;;/h2-4,7,10,12,18H,5-6,8-9,11,25H2,1H3,(H,28,29);2*1H2/t12-,18+;;/m0../s1. The summed E-state index contributed by atoms with van der Waals surface area (Å²) >= 11 is 12.7. The largest absolute Gasteiger partial charge is 0.376 e. The molecule has 182 valence electrons. The lowest BCUT2D eigenvalue weighted by Gasteiger charge is -2.41. The van der Waals surface area contributed by atoms with Crippen LogP contribution in [0, 0.1) is 5.41 Å². The van der Waals surface area contributed by atoms with Crippen molar-refractivity contribution in [3.05, 3.63) is 40.6 Å². The van der Waals surface area contributed by atoms with E-state index in [1.165, 1.54) is 0 Å². The maximum atomic E-state index is 6.49. The van der Waals surface area contributed by atoms with Gasteiger partial charge in [0.25, 0.3) is 0 Å². The Morgan fingerprint density at radius 3 is 2.68 bits per heavy atom. The van der Waals surface area contributed by atoms with E-state index in [0.717, 1.165) is 60.8 Å². The Morgan fingerprint density at radius 2 is 1.97 bits per heavy atom. The zero-order valence-electron chi connectivity index (χ0n) is 18.6. The Kier molecular flexibility index (Phi) is 7.03. The summed E-state index contributed by atoms with van der Waals surface area (Å²) in [6.07, 6.45) is 5.77. The fourth-order valence-corrected chi connectivity index (χ4v) is 5.56. The van der Waals surface area contributed by atoms with Crippen molar-refractivity contribution in [2.24, 2.45) is 11.1 Å². The molecule has 1 spiro atoms. The van der Waals surface area contributed by atoms with Gasteiger partial charge in [-0.2, -0.15) is 37.1 Å². The van der Waals surface area contributed by atoms with Gasteiger partial charge in [0.2, 0.25) is 5.95 Å². The van der Waals surface area contributed by atoms with Crippen molar-refractivity contribution in [1.82, 2.24) is 24.6 Å². The molecule has 2 aliphatic rings. The summed E-state index contributed by atoms with van der Waals surface area (Å²) in [5, 5.41) is 9.36. The zero-order chi connectivity index (χ0) is 22.0. The number of nitrogens with zero attached hydrogens (tertiary/aromatic N) is 5. The van der Waals surface area contributed by atoms with Gasteiger partial charge in [0.15, 0.2) is 11.3 Å². The number of nitrogens with one attached hydrogen (secondary N) is 1. The zero-order valence-corrected chi connectivity index (χ0v) is 22.1. The molecule has 12 heteroatoms. The molecule has 2 saturated heterocycles. The van der Waals surface area contributed by atoms with Crippen LogP contribution in [0.1, 0.15) is 19.8 Å². The van der Waals surface area contributed by atoms with Crippen LogP contribution < -0.4 is 10.6 Å². The number of anilines is 1. The van der Waals surface area contributed by atoms with Crippen LogP contribution >= 0.6 is 50.2 Å². The fourth-order valence-electron chi connectivity index (χ4n) is 5.16. The first-order chi connectivity index (χ1) is 15.5. The number of ether oxygens (including phenoxy) is 1.